The molecule has 0 bridgehead atoms. The number of aryl methyl sites for hydroxylation is 1. The van der Waals surface area contributed by atoms with E-state index in [0.717, 1.165) is 35.2 Å². The molecular weight excluding hydrogens is 234 g/mol. The number of nitrogens with zero attached hydrogens (tertiary/aromatic N) is 1. The molecule has 17 heavy (non-hydrogen) atoms. The standard InChI is InChI=1S/C13H16ClN3/c1-9-8-12(16-7-3-6-15)10-4-2-5-11(14)13(10)17-9/h2,4-5,8H,3,6-7,15H2,1H3,(H,16,17). The van der Waals surface area contributed by atoms with Crippen molar-refractivity contribution in [3.05, 3.63) is 35.0 Å². The number of pyridine rings is 1. The van der Waals surface area contributed by atoms with Gasteiger partial charge in [0.25, 0.3) is 0 Å². The zero-order valence-electron chi connectivity index (χ0n) is 9.83. The van der Waals surface area contributed by atoms with Gasteiger partial charge in [-0.3, -0.25) is 4.98 Å². The van der Waals surface area contributed by atoms with E-state index in [1.807, 2.05) is 31.2 Å². The lowest BCUT2D eigenvalue weighted by Gasteiger charge is -2.11. The van der Waals surface area contributed by atoms with Gasteiger partial charge in [-0.15, -0.1) is 0 Å². The highest BCUT2D eigenvalue weighted by molar-refractivity contribution is 6.35. The van der Waals surface area contributed by atoms with Crippen LogP contribution in [-0.4, -0.2) is 18.1 Å². The summed E-state index contributed by atoms with van der Waals surface area (Å²) in [6, 6.07) is 7.86. The van der Waals surface area contributed by atoms with Crippen LogP contribution >= 0.6 is 11.6 Å². The van der Waals surface area contributed by atoms with E-state index in [1.165, 1.54) is 0 Å². The molecule has 2 rings (SSSR count). The number of fused-ring (bicyclic) bond motifs is 1. The summed E-state index contributed by atoms with van der Waals surface area (Å²) < 4.78 is 0. The Labute approximate surface area is 106 Å². The van der Waals surface area contributed by atoms with Crippen molar-refractivity contribution in [1.29, 1.82) is 0 Å². The Balaban J connectivity index is 2.43. The van der Waals surface area contributed by atoms with Crippen molar-refractivity contribution in [2.45, 2.75) is 13.3 Å². The smallest absolute Gasteiger partial charge is 0.0912 e. The van der Waals surface area contributed by atoms with E-state index in [2.05, 4.69) is 10.3 Å². The molecule has 0 saturated carbocycles. The van der Waals surface area contributed by atoms with Crippen LogP contribution in [0.15, 0.2) is 24.3 Å². The summed E-state index contributed by atoms with van der Waals surface area (Å²) in [4.78, 5) is 4.47. The minimum absolute atomic E-state index is 0.688. The van der Waals surface area contributed by atoms with Gasteiger partial charge >= 0.3 is 0 Å². The van der Waals surface area contributed by atoms with Crippen LogP contribution in [0.4, 0.5) is 5.69 Å². The fraction of sp³-hybridized carbons (Fsp3) is 0.308. The highest BCUT2D eigenvalue weighted by atomic mass is 35.5. The largest absolute Gasteiger partial charge is 0.384 e. The maximum atomic E-state index is 6.15. The summed E-state index contributed by atoms with van der Waals surface area (Å²) in [7, 11) is 0. The monoisotopic (exact) mass is 249 g/mol. The van der Waals surface area contributed by atoms with Crippen molar-refractivity contribution in [3.63, 3.8) is 0 Å². The van der Waals surface area contributed by atoms with Gasteiger partial charge in [-0.2, -0.15) is 0 Å². The fourth-order valence-electron chi connectivity index (χ4n) is 1.81. The maximum Gasteiger partial charge on any atom is 0.0912 e. The second-order valence-corrected chi connectivity index (χ2v) is 4.42. The third-order valence-corrected chi connectivity index (χ3v) is 2.92. The SMILES string of the molecule is Cc1cc(NCCCN)c2cccc(Cl)c2n1. The van der Waals surface area contributed by atoms with Gasteiger partial charge in [0.2, 0.25) is 0 Å². The van der Waals surface area contributed by atoms with E-state index in [0.29, 0.717) is 11.6 Å². The summed E-state index contributed by atoms with van der Waals surface area (Å²) in [6.07, 6.45) is 0.948. The lowest BCUT2D eigenvalue weighted by Crippen LogP contribution is -2.09. The molecule has 0 aliphatic heterocycles. The Morgan fingerprint density at radius 3 is 3.00 bits per heavy atom. The normalized spacial score (nSPS) is 10.8. The van der Waals surface area contributed by atoms with Crippen molar-refractivity contribution < 1.29 is 0 Å². The quantitative estimate of drug-likeness (QED) is 0.820. The van der Waals surface area contributed by atoms with E-state index >= 15 is 0 Å². The topological polar surface area (TPSA) is 50.9 Å². The Bertz CT molecular complexity index is 525. The Kier molecular flexibility index (Phi) is 3.82. The van der Waals surface area contributed by atoms with E-state index in [1.54, 1.807) is 0 Å². The third-order valence-electron chi connectivity index (χ3n) is 2.61. The Morgan fingerprint density at radius 1 is 1.41 bits per heavy atom. The van der Waals surface area contributed by atoms with Gasteiger partial charge < -0.3 is 11.1 Å². The van der Waals surface area contributed by atoms with Crippen molar-refractivity contribution in [2.75, 3.05) is 18.4 Å². The summed E-state index contributed by atoms with van der Waals surface area (Å²) in [6.45, 7) is 3.52. The average Bonchev–Trinajstić information content (AvgIpc) is 2.31. The number of hydrogen-bond acceptors (Lipinski definition) is 3. The zero-order chi connectivity index (χ0) is 12.3. The lowest BCUT2D eigenvalue weighted by atomic mass is 10.1. The molecule has 0 radical (unpaired) electrons. The highest BCUT2D eigenvalue weighted by Crippen LogP contribution is 2.28. The van der Waals surface area contributed by atoms with Crippen molar-refractivity contribution in [2.24, 2.45) is 5.73 Å². The van der Waals surface area contributed by atoms with Crippen LogP contribution in [0.5, 0.6) is 0 Å². The van der Waals surface area contributed by atoms with Crippen molar-refractivity contribution >= 4 is 28.2 Å². The zero-order valence-corrected chi connectivity index (χ0v) is 10.6. The van der Waals surface area contributed by atoms with Crippen LogP contribution in [0.25, 0.3) is 10.9 Å². The number of halogens is 1. The predicted molar refractivity (Wildman–Crippen MR) is 73.7 cm³/mol. The predicted octanol–water partition coefficient (Wildman–Crippen LogP) is 2.96. The fourth-order valence-corrected chi connectivity index (χ4v) is 2.03. The van der Waals surface area contributed by atoms with Crippen LogP contribution in [0.2, 0.25) is 5.02 Å². The summed E-state index contributed by atoms with van der Waals surface area (Å²) in [5.74, 6) is 0. The molecule has 0 aliphatic carbocycles. The van der Waals surface area contributed by atoms with Gasteiger partial charge in [0.1, 0.15) is 0 Å². The summed E-state index contributed by atoms with van der Waals surface area (Å²) in [5, 5.41) is 5.12. The van der Waals surface area contributed by atoms with Crippen molar-refractivity contribution in [3.8, 4) is 0 Å². The van der Waals surface area contributed by atoms with E-state index in [-0.39, 0.29) is 0 Å². The first-order chi connectivity index (χ1) is 8.22. The number of rotatable bonds is 4. The van der Waals surface area contributed by atoms with Crippen LogP contribution in [0, 0.1) is 6.92 Å². The molecule has 0 spiro atoms. The number of aromatic nitrogens is 1. The molecule has 90 valence electrons. The first-order valence-electron chi connectivity index (χ1n) is 5.72. The Morgan fingerprint density at radius 2 is 2.24 bits per heavy atom. The number of para-hydroxylation sites is 1. The molecule has 0 amide bonds. The minimum atomic E-state index is 0.688. The second-order valence-electron chi connectivity index (χ2n) is 4.02. The van der Waals surface area contributed by atoms with Gasteiger partial charge in [-0.25, -0.2) is 0 Å². The van der Waals surface area contributed by atoms with Crippen LogP contribution in [-0.2, 0) is 0 Å². The summed E-state index contributed by atoms with van der Waals surface area (Å²) >= 11 is 6.15. The van der Waals surface area contributed by atoms with Crippen molar-refractivity contribution in [1.82, 2.24) is 4.98 Å². The Hall–Kier alpha value is -1.32. The number of nitrogens with two attached hydrogens (primary N) is 1. The second kappa shape index (κ2) is 5.34. The summed E-state index contributed by atoms with van der Waals surface area (Å²) in [5.41, 5.74) is 8.37. The molecule has 1 aromatic heterocycles. The van der Waals surface area contributed by atoms with Crippen LogP contribution in [0.3, 0.4) is 0 Å². The molecule has 4 heteroatoms. The average molecular weight is 250 g/mol. The first kappa shape index (κ1) is 12.1. The maximum absolute atomic E-state index is 6.15. The van der Waals surface area contributed by atoms with Crippen LogP contribution < -0.4 is 11.1 Å². The molecule has 1 heterocycles. The van der Waals surface area contributed by atoms with Gasteiger partial charge in [0.15, 0.2) is 0 Å². The molecular formula is C13H16ClN3. The number of benzene rings is 1. The van der Waals surface area contributed by atoms with E-state index in [9.17, 15) is 0 Å². The van der Waals surface area contributed by atoms with Crippen LogP contribution in [0.1, 0.15) is 12.1 Å². The molecule has 0 unspecified atom stereocenters. The molecule has 0 saturated heterocycles. The molecule has 2 aromatic rings. The van der Waals surface area contributed by atoms with E-state index < -0.39 is 0 Å². The lowest BCUT2D eigenvalue weighted by molar-refractivity contribution is 0.875. The molecule has 3 N–H and O–H groups in total. The third kappa shape index (κ3) is 2.68. The first-order valence-corrected chi connectivity index (χ1v) is 6.10. The molecule has 0 atom stereocenters. The highest BCUT2D eigenvalue weighted by Gasteiger charge is 2.06. The van der Waals surface area contributed by atoms with Gasteiger partial charge in [0.05, 0.1) is 10.5 Å². The number of anilines is 1. The van der Waals surface area contributed by atoms with Gasteiger partial charge in [-0.05, 0) is 32.0 Å². The number of nitrogens with one attached hydrogen (secondary N) is 1. The van der Waals surface area contributed by atoms with E-state index in [4.69, 9.17) is 17.3 Å². The van der Waals surface area contributed by atoms with Gasteiger partial charge in [0, 0.05) is 23.3 Å². The molecule has 1 aromatic carbocycles. The molecule has 3 nitrogen and oxygen atoms in total. The minimum Gasteiger partial charge on any atom is -0.384 e. The molecule has 0 aliphatic rings. The molecule has 0 fully saturated rings. The number of hydrogen-bond donors (Lipinski definition) is 2. The van der Waals surface area contributed by atoms with Gasteiger partial charge in [-0.1, -0.05) is 23.7 Å².